The molecular weight excluding hydrogens is 246 g/mol. The summed E-state index contributed by atoms with van der Waals surface area (Å²) in [4.78, 5) is 0. The molecule has 1 aromatic heterocycles. The van der Waals surface area contributed by atoms with E-state index in [9.17, 15) is 0 Å². The number of nitrogens with zero attached hydrogens (tertiary/aromatic N) is 2. The Hall–Kier alpha value is -0.830. The van der Waals surface area contributed by atoms with Crippen molar-refractivity contribution in [1.82, 2.24) is 15.1 Å². The minimum atomic E-state index is 0.207. The molecule has 3 atom stereocenters. The van der Waals surface area contributed by atoms with Gasteiger partial charge in [-0.25, -0.2) is 0 Å². The average molecular weight is 277 g/mol. The molecule has 1 aliphatic rings. The fourth-order valence-corrected chi connectivity index (χ4v) is 3.41. The highest BCUT2D eigenvalue weighted by atomic mass is 15.3. The molecule has 0 saturated heterocycles. The Bertz CT molecular complexity index is 416. The molecule has 3 unspecified atom stereocenters. The van der Waals surface area contributed by atoms with Crippen LogP contribution < -0.4 is 5.32 Å². The van der Waals surface area contributed by atoms with Crippen LogP contribution in [0.25, 0.3) is 0 Å². The summed E-state index contributed by atoms with van der Waals surface area (Å²) in [6.07, 6.45) is 5.98. The highest BCUT2D eigenvalue weighted by Gasteiger charge is 2.32. The van der Waals surface area contributed by atoms with Crippen molar-refractivity contribution in [2.24, 2.45) is 11.8 Å². The number of nitrogens with one attached hydrogen (secondary N) is 1. The molecular formula is C17H31N3. The van der Waals surface area contributed by atoms with Gasteiger partial charge in [0, 0.05) is 29.9 Å². The van der Waals surface area contributed by atoms with Crippen molar-refractivity contribution in [3.8, 4) is 0 Å². The molecule has 0 aromatic carbocycles. The van der Waals surface area contributed by atoms with Gasteiger partial charge in [-0.1, -0.05) is 13.3 Å². The van der Waals surface area contributed by atoms with Crippen molar-refractivity contribution in [3.05, 3.63) is 18.0 Å². The van der Waals surface area contributed by atoms with Crippen LogP contribution in [0.3, 0.4) is 0 Å². The minimum Gasteiger partial charge on any atom is -0.312 e. The largest absolute Gasteiger partial charge is 0.312 e. The Morgan fingerprint density at radius 1 is 1.35 bits per heavy atom. The molecule has 0 amide bonds. The topological polar surface area (TPSA) is 29.9 Å². The fraction of sp³-hybridized carbons (Fsp3) is 0.824. The number of rotatable bonds is 4. The summed E-state index contributed by atoms with van der Waals surface area (Å²) in [6.45, 7) is 13.4. The van der Waals surface area contributed by atoms with Gasteiger partial charge >= 0.3 is 0 Å². The van der Waals surface area contributed by atoms with Crippen molar-refractivity contribution in [1.29, 1.82) is 0 Å². The second kappa shape index (κ2) is 6.30. The zero-order chi connectivity index (χ0) is 14.8. The summed E-state index contributed by atoms with van der Waals surface area (Å²) in [5.74, 6) is 2.24. The zero-order valence-corrected chi connectivity index (χ0v) is 13.8. The Morgan fingerprint density at radius 3 is 2.75 bits per heavy atom. The molecule has 1 aliphatic carbocycles. The standard InChI is InChI=1S/C17H31N3/c1-6-20-16(9-10-19-20)15-11-13(2)7-8-14(15)12-18-17(3,4)5/h9-10,13-15,18H,6-8,11-12H2,1-5H3. The van der Waals surface area contributed by atoms with Gasteiger partial charge < -0.3 is 5.32 Å². The maximum absolute atomic E-state index is 4.47. The molecule has 114 valence electrons. The van der Waals surface area contributed by atoms with Crippen molar-refractivity contribution in [2.75, 3.05) is 6.54 Å². The third-order valence-corrected chi connectivity index (χ3v) is 4.58. The lowest BCUT2D eigenvalue weighted by Crippen LogP contribution is -2.41. The van der Waals surface area contributed by atoms with Gasteiger partial charge in [0.2, 0.25) is 0 Å². The van der Waals surface area contributed by atoms with Crippen LogP contribution in [0.4, 0.5) is 0 Å². The molecule has 3 heteroatoms. The summed E-state index contributed by atoms with van der Waals surface area (Å²) >= 11 is 0. The van der Waals surface area contributed by atoms with E-state index in [0.29, 0.717) is 5.92 Å². The summed E-state index contributed by atoms with van der Waals surface area (Å²) in [5, 5.41) is 8.18. The van der Waals surface area contributed by atoms with Crippen LogP contribution in [0.1, 0.15) is 65.5 Å². The van der Waals surface area contributed by atoms with Crippen LogP contribution in [0.15, 0.2) is 12.3 Å². The van der Waals surface area contributed by atoms with E-state index in [1.807, 2.05) is 6.20 Å². The molecule has 0 spiro atoms. The number of aryl methyl sites for hydroxylation is 1. The molecule has 0 aliphatic heterocycles. The third kappa shape index (κ3) is 3.85. The smallest absolute Gasteiger partial charge is 0.0492 e. The van der Waals surface area contributed by atoms with Gasteiger partial charge in [-0.3, -0.25) is 4.68 Å². The quantitative estimate of drug-likeness (QED) is 0.907. The summed E-state index contributed by atoms with van der Waals surface area (Å²) in [7, 11) is 0. The molecule has 3 nitrogen and oxygen atoms in total. The normalized spacial score (nSPS) is 27.8. The van der Waals surface area contributed by atoms with E-state index in [1.165, 1.54) is 25.0 Å². The van der Waals surface area contributed by atoms with Crippen LogP contribution in [-0.4, -0.2) is 21.9 Å². The lowest BCUT2D eigenvalue weighted by atomic mass is 9.73. The van der Waals surface area contributed by atoms with Crippen LogP contribution >= 0.6 is 0 Å². The summed E-state index contributed by atoms with van der Waals surface area (Å²) < 4.78 is 2.19. The SMILES string of the molecule is CCn1nccc1C1CC(C)CCC1CNC(C)(C)C. The Balaban J connectivity index is 2.12. The molecule has 2 rings (SSSR count). The van der Waals surface area contributed by atoms with Gasteiger partial charge in [0.15, 0.2) is 0 Å². The van der Waals surface area contributed by atoms with Gasteiger partial charge in [0.05, 0.1) is 0 Å². The molecule has 20 heavy (non-hydrogen) atoms. The predicted octanol–water partition coefficient (Wildman–Crippen LogP) is 3.81. The first-order valence-corrected chi connectivity index (χ1v) is 8.17. The molecule has 1 heterocycles. The number of aromatic nitrogens is 2. The first-order valence-electron chi connectivity index (χ1n) is 8.17. The predicted molar refractivity (Wildman–Crippen MR) is 84.9 cm³/mol. The van der Waals surface area contributed by atoms with Crippen molar-refractivity contribution >= 4 is 0 Å². The summed E-state index contributed by atoms with van der Waals surface area (Å²) in [6, 6.07) is 2.23. The summed E-state index contributed by atoms with van der Waals surface area (Å²) in [5.41, 5.74) is 1.65. The van der Waals surface area contributed by atoms with Crippen molar-refractivity contribution in [3.63, 3.8) is 0 Å². The van der Waals surface area contributed by atoms with Crippen LogP contribution in [0.5, 0.6) is 0 Å². The van der Waals surface area contributed by atoms with Crippen molar-refractivity contribution < 1.29 is 0 Å². The molecule has 1 aromatic rings. The van der Waals surface area contributed by atoms with E-state index < -0.39 is 0 Å². The highest BCUT2D eigenvalue weighted by Crippen LogP contribution is 2.40. The first-order chi connectivity index (χ1) is 9.40. The zero-order valence-electron chi connectivity index (χ0n) is 13.8. The monoisotopic (exact) mass is 277 g/mol. The van der Waals surface area contributed by atoms with Gasteiger partial charge in [0.25, 0.3) is 0 Å². The van der Waals surface area contributed by atoms with E-state index in [4.69, 9.17) is 0 Å². The molecule has 1 N–H and O–H groups in total. The maximum atomic E-state index is 4.47. The van der Waals surface area contributed by atoms with Gasteiger partial charge in [-0.15, -0.1) is 0 Å². The lowest BCUT2D eigenvalue weighted by molar-refractivity contribution is 0.219. The minimum absolute atomic E-state index is 0.207. The molecule has 1 fully saturated rings. The third-order valence-electron chi connectivity index (χ3n) is 4.58. The lowest BCUT2D eigenvalue weighted by Gasteiger charge is -2.37. The first kappa shape index (κ1) is 15.6. The molecule has 0 bridgehead atoms. The van der Waals surface area contributed by atoms with Gasteiger partial charge in [-0.2, -0.15) is 5.10 Å². The molecule has 1 saturated carbocycles. The van der Waals surface area contributed by atoms with Gasteiger partial charge in [0.1, 0.15) is 0 Å². The van der Waals surface area contributed by atoms with E-state index in [2.05, 4.69) is 55.8 Å². The van der Waals surface area contributed by atoms with Crippen LogP contribution in [0.2, 0.25) is 0 Å². The van der Waals surface area contributed by atoms with Crippen LogP contribution in [-0.2, 0) is 6.54 Å². The van der Waals surface area contributed by atoms with Crippen LogP contribution in [0, 0.1) is 11.8 Å². The van der Waals surface area contributed by atoms with Gasteiger partial charge in [-0.05, 0) is 65.0 Å². The molecule has 0 radical (unpaired) electrons. The highest BCUT2D eigenvalue weighted by molar-refractivity contribution is 5.11. The second-order valence-electron chi connectivity index (χ2n) is 7.49. The second-order valence-corrected chi connectivity index (χ2v) is 7.49. The fourth-order valence-electron chi connectivity index (χ4n) is 3.41. The Kier molecular flexibility index (Phi) is 4.90. The van der Waals surface area contributed by atoms with E-state index in [0.717, 1.165) is 24.9 Å². The Labute approximate surface area is 124 Å². The van der Waals surface area contributed by atoms with Crippen molar-refractivity contribution in [2.45, 2.75) is 71.9 Å². The van der Waals surface area contributed by atoms with E-state index in [1.54, 1.807) is 0 Å². The number of hydrogen-bond acceptors (Lipinski definition) is 2. The maximum Gasteiger partial charge on any atom is 0.0492 e. The van der Waals surface area contributed by atoms with E-state index >= 15 is 0 Å². The Morgan fingerprint density at radius 2 is 2.10 bits per heavy atom. The number of hydrogen-bond donors (Lipinski definition) is 1. The van der Waals surface area contributed by atoms with E-state index in [-0.39, 0.29) is 5.54 Å². The average Bonchev–Trinajstić information content (AvgIpc) is 2.84.